The summed E-state index contributed by atoms with van der Waals surface area (Å²) < 4.78 is 35.3. The summed E-state index contributed by atoms with van der Waals surface area (Å²) in [6.07, 6.45) is 0.133. The molecule has 1 heterocycles. The minimum absolute atomic E-state index is 0.0376. The summed E-state index contributed by atoms with van der Waals surface area (Å²) in [7, 11) is -2.99. The van der Waals surface area contributed by atoms with Gasteiger partial charge < -0.3 is 5.11 Å². The van der Waals surface area contributed by atoms with Crippen molar-refractivity contribution in [2.75, 3.05) is 18.1 Å². The number of rotatable bonds is 2. The average molecular weight is 196 g/mol. The molecule has 12 heavy (non-hydrogen) atoms. The van der Waals surface area contributed by atoms with Crippen LogP contribution in [0.25, 0.3) is 0 Å². The summed E-state index contributed by atoms with van der Waals surface area (Å²) in [6, 6.07) is 0. The Morgan fingerprint density at radius 1 is 1.33 bits per heavy atom. The standard InChI is InChI=1S/C7H13FO3S/c8-7(1-4-9)2-5-12(10,11)6-3-7/h9H,1-6H2. The van der Waals surface area contributed by atoms with Crippen LogP contribution in [0.1, 0.15) is 19.3 Å². The fraction of sp³-hybridized carbons (Fsp3) is 1.00. The predicted molar refractivity (Wildman–Crippen MR) is 43.4 cm³/mol. The molecule has 3 nitrogen and oxygen atoms in total. The van der Waals surface area contributed by atoms with Gasteiger partial charge in [-0.25, -0.2) is 12.8 Å². The number of alkyl halides is 1. The third kappa shape index (κ3) is 2.42. The van der Waals surface area contributed by atoms with Crippen molar-refractivity contribution in [2.24, 2.45) is 0 Å². The molecule has 0 bridgehead atoms. The van der Waals surface area contributed by atoms with E-state index in [0.717, 1.165) is 0 Å². The molecule has 0 aromatic heterocycles. The second-order valence-electron chi connectivity index (χ2n) is 3.28. The van der Waals surface area contributed by atoms with Gasteiger partial charge in [0, 0.05) is 13.0 Å². The van der Waals surface area contributed by atoms with E-state index >= 15 is 0 Å². The van der Waals surface area contributed by atoms with Crippen LogP contribution in [0, 0.1) is 0 Å². The molecule has 0 radical (unpaired) electrons. The maximum absolute atomic E-state index is 13.5. The molecule has 0 atom stereocenters. The molecule has 5 heteroatoms. The number of sulfone groups is 1. The van der Waals surface area contributed by atoms with Gasteiger partial charge in [0.2, 0.25) is 0 Å². The van der Waals surface area contributed by atoms with Gasteiger partial charge in [0.15, 0.2) is 9.84 Å². The zero-order valence-electron chi connectivity index (χ0n) is 6.79. The number of hydrogen-bond donors (Lipinski definition) is 1. The van der Waals surface area contributed by atoms with E-state index in [-0.39, 0.29) is 37.4 Å². The van der Waals surface area contributed by atoms with E-state index in [0.29, 0.717) is 0 Å². The van der Waals surface area contributed by atoms with Crippen molar-refractivity contribution in [2.45, 2.75) is 24.9 Å². The van der Waals surface area contributed by atoms with Crippen molar-refractivity contribution in [3.05, 3.63) is 0 Å². The summed E-state index contributed by atoms with van der Waals surface area (Å²) in [5.74, 6) is -0.160. The molecule has 0 aliphatic carbocycles. The van der Waals surface area contributed by atoms with Crippen LogP contribution >= 0.6 is 0 Å². The van der Waals surface area contributed by atoms with Crippen molar-refractivity contribution in [3.63, 3.8) is 0 Å². The van der Waals surface area contributed by atoms with Crippen LogP contribution in [0.15, 0.2) is 0 Å². The first-order valence-corrected chi connectivity index (χ1v) is 5.80. The van der Waals surface area contributed by atoms with Crippen molar-refractivity contribution in [1.82, 2.24) is 0 Å². The number of hydrogen-bond acceptors (Lipinski definition) is 3. The van der Waals surface area contributed by atoms with Crippen LogP contribution in [0.2, 0.25) is 0 Å². The minimum Gasteiger partial charge on any atom is -0.396 e. The van der Waals surface area contributed by atoms with Gasteiger partial charge in [-0.1, -0.05) is 0 Å². The molecule has 1 N–H and O–H groups in total. The molecule has 0 amide bonds. The van der Waals surface area contributed by atoms with Crippen molar-refractivity contribution < 1.29 is 17.9 Å². The monoisotopic (exact) mass is 196 g/mol. The van der Waals surface area contributed by atoms with Gasteiger partial charge in [0.05, 0.1) is 11.5 Å². The first-order chi connectivity index (χ1) is 5.47. The largest absolute Gasteiger partial charge is 0.396 e. The summed E-state index contributed by atoms with van der Waals surface area (Å²) in [6.45, 7) is -0.212. The highest BCUT2D eigenvalue weighted by Crippen LogP contribution is 2.30. The van der Waals surface area contributed by atoms with E-state index in [4.69, 9.17) is 5.11 Å². The average Bonchev–Trinajstić information content (AvgIpc) is 1.98. The predicted octanol–water partition coefficient (Wildman–Crippen LogP) is 0.286. The second-order valence-corrected chi connectivity index (χ2v) is 5.58. The lowest BCUT2D eigenvalue weighted by atomic mass is 9.96. The van der Waals surface area contributed by atoms with E-state index in [1.807, 2.05) is 0 Å². The Hall–Kier alpha value is -0.160. The maximum atomic E-state index is 13.5. The quantitative estimate of drug-likeness (QED) is 0.690. The molecule has 0 spiro atoms. The smallest absolute Gasteiger partial charge is 0.150 e. The molecule has 0 unspecified atom stereocenters. The fourth-order valence-corrected chi connectivity index (χ4v) is 2.91. The summed E-state index contributed by atoms with van der Waals surface area (Å²) in [4.78, 5) is 0. The van der Waals surface area contributed by atoms with Crippen LogP contribution < -0.4 is 0 Å². The highest BCUT2D eigenvalue weighted by atomic mass is 32.2. The minimum atomic E-state index is -2.99. The zero-order valence-corrected chi connectivity index (χ0v) is 7.61. The van der Waals surface area contributed by atoms with Crippen LogP contribution in [0.4, 0.5) is 4.39 Å². The van der Waals surface area contributed by atoms with Gasteiger partial charge in [-0.3, -0.25) is 0 Å². The van der Waals surface area contributed by atoms with Crippen LogP contribution in [0.3, 0.4) is 0 Å². The molecule has 72 valence electrons. The molecule has 1 saturated heterocycles. The Morgan fingerprint density at radius 2 is 1.83 bits per heavy atom. The molecule has 1 fully saturated rings. The van der Waals surface area contributed by atoms with E-state index in [2.05, 4.69) is 0 Å². The lowest BCUT2D eigenvalue weighted by molar-refractivity contribution is 0.103. The van der Waals surface area contributed by atoms with Crippen molar-refractivity contribution in [1.29, 1.82) is 0 Å². The number of halogens is 1. The molecular formula is C7H13FO3S. The van der Waals surface area contributed by atoms with Crippen LogP contribution in [-0.4, -0.2) is 37.3 Å². The highest BCUT2D eigenvalue weighted by Gasteiger charge is 2.36. The third-order valence-electron chi connectivity index (χ3n) is 2.28. The Kier molecular flexibility index (Phi) is 2.73. The van der Waals surface area contributed by atoms with E-state index < -0.39 is 15.5 Å². The van der Waals surface area contributed by atoms with E-state index in [9.17, 15) is 12.8 Å². The van der Waals surface area contributed by atoms with Gasteiger partial charge in [-0.05, 0) is 12.8 Å². The van der Waals surface area contributed by atoms with Gasteiger partial charge >= 0.3 is 0 Å². The highest BCUT2D eigenvalue weighted by molar-refractivity contribution is 7.91. The Morgan fingerprint density at radius 3 is 2.25 bits per heavy atom. The normalized spacial score (nSPS) is 26.8. The lowest BCUT2D eigenvalue weighted by Crippen LogP contribution is -2.36. The third-order valence-corrected chi connectivity index (χ3v) is 3.93. The van der Waals surface area contributed by atoms with Crippen LogP contribution in [0.5, 0.6) is 0 Å². The van der Waals surface area contributed by atoms with E-state index in [1.54, 1.807) is 0 Å². The van der Waals surface area contributed by atoms with Crippen molar-refractivity contribution in [3.8, 4) is 0 Å². The molecule has 1 aliphatic heterocycles. The van der Waals surface area contributed by atoms with Gasteiger partial charge in [-0.15, -0.1) is 0 Å². The first-order valence-electron chi connectivity index (χ1n) is 3.98. The van der Waals surface area contributed by atoms with Gasteiger partial charge in [0.1, 0.15) is 5.67 Å². The molecular weight excluding hydrogens is 183 g/mol. The first kappa shape index (κ1) is 9.92. The summed E-state index contributed by atoms with van der Waals surface area (Å²) in [5.41, 5.74) is -1.44. The Labute approximate surface area is 71.5 Å². The molecule has 0 aromatic rings. The summed E-state index contributed by atoms with van der Waals surface area (Å²) >= 11 is 0. The Bertz CT molecular complexity index is 233. The summed E-state index contributed by atoms with van der Waals surface area (Å²) in [5, 5.41) is 8.52. The second kappa shape index (κ2) is 3.30. The number of aliphatic hydroxyl groups is 1. The SMILES string of the molecule is O=S1(=O)CCC(F)(CCO)CC1. The zero-order chi connectivity index (χ0) is 9.24. The van der Waals surface area contributed by atoms with Crippen molar-refractivity contribution >= 4 is 9.84 Å². The maximum Gasteiger partial charge on any atom is 0.150 e. The fourth-order valence-electron chi connectivity index (χ4n) is 1.35. The van der Waals surface area contributed by atoms with E-state index in [1.165, 1.54) is 0 Å². The van der Waals surface area contributed by atoms with Gasteiger partial charge in [0.25, 0.3) is 0 Å². The molecule has 1 aliphatic rings. The topological polar surface area (TPSA) is 54.4 Å². The molecule has 0 aromatic carbocycles. The van der Waals surface area contributed by atoms with Gasteiger partial charge in [-0.2, -0.15) is 0 Å². The molecule has 0 saturated carbocycles. The van der Waals surface area contributed by atoms with Crippen LogP contribution in [-0.2, 0) is 9.84 Å². The molecule has 1 rings (SSSR count). The lowest BCUT2D eigenvalue weighted by Gasteiger charge is -2.28. The Balaban J connectivity index is 2.55. The number of aliphatic hydroxyl groups excluding tert-OH is 1.